The number of hydrogen-bond donors (Lipinski definition) is 1. The maximum absolute atomic E-state index is 13.9. The summed E-state index contributed by atoms with van der Waals surface area (Å²) in [6.45, 7) is 5.98. The van der Waals surface area contributed by atoms with Crippen LogP contribution in [0.2, 0.25) is 0 Å². The van der Waals surface area contributed by atoms with Gasteiger partial charge in [-0.2, -0.15) is 15.0 Å². The molecule has 0 saturated carbocycles. The third-order valence-corrected chi connectivity index (χ3v) is 3.58. The van der Waals surface area contributed by atoms with Gasteiger partial charge in [-0.3, -0.25) is 0 Å². The molecule has 1 aromatic heterocycles. The summed E-state index contributed by atoms with van der Waals surface area (Å²) in [6, 6.07) is 4.72. The lowest BCUT2D eigenvalue weighted by Gasteiger charge is -2.18. The maximum Gasteiger partial charge on any atom is 0.229 e. The SMILES string of the molecule is COc1ccc(C(C)Nc2nc(C(C)C)nc(N(C)C)n2)cc1F. The van der Waals surface area contributed by atoms with Crippen LogP contribution in [0.4, 0.5) is 16.3 Å². The van der Waals surface area contributed by atoms with Crippen LogP contribution in [0.3, 0.4) is 0 Å². The third-order valence-electron chi connectivity index (χ3n) is 3.58. The molecule has 0 radical (unpaired) electrons. The molecular weight excluding hydrogens is 309 g/mol. The number of ether oxygens (including phenoxy) is 1. The lowest BCUT2D eigenvalue weighted by molar-refractivity contribution is 0.386. The minimum atomic E-state index is -0.392. The first kappa shape index (κ1) is 17.9. The summed E-state index contributed by atoms with van der Waals surface area (Å²) >= 11 is 0. The molecule has 2 aromatic rings. The number of nitrogens with one attached hydrogen (secondary N) is 1. The van der Waals surface area contributed by atoms with Gasteiger partial charge in [-0.05, 0) is 24.6 Å². The van der Waals surface area contributed by atoms with Crippen molar-refractivity contribution in [3.05, 3.63) is 35.4 Å². The highest BCUT2D eigenvalue weighted by molar-refractivity contribution is 5.39. The minimum absolute atomic E-state index is 0.164. The van der Waals surface area contributed by atoms with Gasteiger partial charge >= 0.3 is 0 Å². The van der Waals surface area contributed by atoms with E-state index in [1.165, 1.54) is 13.2 Å². The number of nitrogens with zero attached hydrogens (tertiary/aromatic N) is 4. The zero-order valence-electron chi connectivity index (χ0n) is 15.0. The van der Waals surface area contributed by atoms with Crippen molar-refractivity contribution in [1.29, 1.82) is 0 Å². The summed E-state index contributed by atoms with van der Waals surface area (Å²) in [5.41, 5.74) is 0.784. The van der Waals surface area contributed by atoms with Gasteiger partial charge in [0, 0.05) is 20.0 Å². The third kappa shape index (κ3) is 4.10. The van der Waals surface area contributed by atoms with Gasteiger partial charge in [0.25, 0.3) is 0 Å². The Morgan fingerprint density at radius 3 is 2.38 bits per heavy atom. The number of methoxy groups -OCH3 is 1. The summed E-state index contributed by atoms with van der Waals surface area (Å²) in [5, 5.41) is 3.22. The molecule has 24 heavy (non-hydrogen) atoms. The normalized spacial score (nSPS) is 12.2. The lowest BCUT2D eigenvalue weighted by Crippen LogP contribution is -2.18. The quantitative estimate of drug-likeness (QED) is 0.874. The van der Waals surface area contributed by atoms with Crippen LogP contribution in [-0.4, -0.2) is 36.2 Å². The Morgan fingerprint density at radius 2 is 1.83 bits per heavy atom. The largest absolute Gasteiger partial charge is 0.494 e. The molecule has 1 atom stereocenters. The Kier molecular flexibility index (Phi) is 5.54. The number of benzene rings is 1. The Bertz CT molecular complexity index is 679. The number of halogens is 1. The molecule has 0 saturated heterocycles. The van der Waals surface area contributed by atoms with E-state index in [9.17, 15) is 4.39 Å². The fraction of sp³-hybridized carbons (Fsp3) is 0.471. The van der Waals surface area contributed by atoms with Crippen molar-refractivity contribution < 1.29 is 9.13 Å². The van der Waals surface area contributed by atoms with E-state index >= 15 is 0 Å². The Hall–Kier alpha value is -2.44. The van der Waals surface area contributed by atoms with Gasteiger partial charge in [0.1, 0.15) is 5.82 Å². The zero-order chi connectivity index (χ0) is 17.9. The van der Waals surface area contributed by atoms with Crippen molar-refractivity contribution >= 4 is 11.9 Å². The molecule has 0 fully saturated rings. The molecule has 1 N–H and O–H groups in total. The number of hydrogen-bond acceptors (Lipinski definition) is 6. The monoisotopic (exact) mass is 333 g/mol. The summed E-state index contributed by atoms with van der Waals surface area (Å²) in [5.74, 6) is 1.79. The number of rotatable bonds is 6. The minimum Gasteiger partial charge on any atom is -0.494 e. The number of aromatic nitrogens is 3. The van der Waals surface area contributed by atoms with E-state index in [-0.39, 0.29) is 17.7 Å². The van der Waals surface area contributed by atoms with Crippen molar-refractivity contribution in [3.8, 4) is 5.75 Å². The molecule has 7 heteroatoms. The van der Waals surface area contributed by atoms with E-state index in [2.05, 4.69) is 20.3 Å². The van der Waals surface area contributed by atoms with Crippen LogP contribution >= 0.6 is 0 Å². The van der Waals surface area contributed by atoms with Gasteiger partial charge in [-0.15, -0.1) is 0 Å². The molecule has 1 heterocycles. The number of anilines is 2. The molecule has 0 spiro atoms. The standard InChI is InChI=1S/C17H24FN5O/c1-10(2)15-20-16(22-17(21-15)23(4)5)19-11(3)12-7-8-14(24-6)13(18)9-12/h7-11H,1-6H3,(H,19,20,21,22). The second-order valence-corrected chi connectivity index (χ2v) is 6.13. The Morgan fingerprint density at radius 1 is 1.12 bits per heavy atom. The molecule has 2 rings (SSSR count). The fourth-order valence-electron chi connectivity index (χ4n) is 2.13. The van der Waals surface area contributed by atoms with Crippen molar-refractivity contribution in [2.24, 2.45) is 0 Å². The summed E-state index contributed by atoms with van der Waals surface area (Å²) in [6.07, 6.45) is 0. The summed E-state index contributed by atoms with van der Waals surface area (Å²) < 4.78 is 18.8. The van der Waals surface area contributed by atoms with Gasteiger partial charge in [0.05, 0.1) is 13.2 Å². The topological polar surface area (TPSA) is 63.2 Å². The predicted octanol–water partition coefficient (Wildman–Crippen LogP) is 3.38. The van der Waals surface area contributed by atoms with Crippen molar-refractivity contribution in [2.45, 2.75) is 32.7 Å². The first-order valence-electron chi connectivity index (χ1n) is 7.85. The van der Waals surface area contributed by atoms with Gasteiger partial charge in [-0.1, -0.05) is 19.9 Å². The second kappa shape index (κ2) is 7.42. The summed E-state index contributed by atoms with van der Waals surface area (Å²) in [7, 11) is 5.21. The van der Waals surface area contributed by atoms with Crippen LogP contribution in [0.1, 0.15) is 44.1 Å². The second-order valence-electron chi connectivity index (χ2n) is 6.13. The molecule has 1 aromatic carbocycles. The van der Waals surface area contributed by atoms with Crippen molar-refractivity contribution in [2.75, 3.05) is 31.4 Å². The van der Waals surface area contributed by atoms with Crippen LogP contribution < -0.4 is 15.0 Å². The van der Waals surface area contributed by atoms with E-state index in [1.807, 2.05) is 45.8 Å². The van der Waals surface area contributed by atoms with Gasteiger partial charge in [-0.25, -0.2) is 4.39 Å². The molecule has 0 aliphatic rings. The van der Waals surface area contributed by atoms with Gasteiger partial charge in [0.15, 0.2) is 11.6 Å². The van der Waals surface area contributed by atoms with E-state index < -0.39 is 5.82 Å². The smallest absolute Gasteiger partial charge is 0.229 e. The van der Waals surface area contributed by atoms with Crippen LogP contribution in [0.15, 0.2) is 18.2 Å². The van der Waals surface area contributed by atoms with E-state index in [4.69, 9.17) is 4.74 Å². The molecule has 130 valence electrons. The maximum atomic E-state index is 13.9. The highest BCUT2D eigenvalue weighted by atomic mass is 19.1. The van der Waals surface area contributed by atoms with Gasteiger partial charge in [0.2, 0.25) is 11.9 Å². The zero-order valence-corrected chi connectivity index (χ0v) is 15.0. The van der Waals surface area contributed by atoms with E-state index in [1.54, 1.807) is 6.07 Å². The van der Waals surface area contributed by atoms with E-state index in [0.29, 0.717) is 17.7 Å². The first-order valence-corrected chi connectivity index (χ1v) is 7.85. The van der Waals surface area contributed by atoms with E-state index in [0.717, 1.165) is 5.56 Å². The Balaban J connectivity index is 2.27. The predicted molar refractivity (Wildman–Crippen MR) is 93.2 cm³/mol. The van der Waals surface area contributed by atoms with Gasteiger partial charge < -0.3 is 15.0 Å². The average Bonchev–Trinajstić information content (AvgIpc) is 2.54. The molecule has 0 bridgehead atoms. The van der Waals surface area contributed by atoms with Crippen LogP contribution in [0.25, 0.3) is 0 Å². The van der Waals surface area contributed by atoms with Crippen molar-refractivity contribution in [3.63, 3.8) is 0 Å². The lowest BCUT2D eigenvalue weighted by atomic mass is 10.1. The molecule has 1 unspecified atom stereocenters. The molecular formula is C17H24FN5O. The first-order chi connectivity index (χ1) is 11.3. The molecule has 6 nitrogen and oxygen atoms in total. The molecule has 0 aliphatic carbocycles. The Labute approximate surface area is 142 Å². The molecule has 0 aliphatic heterocycles. The van der Waals surface area contributed by atoms with Crippen LogP contribution in [0, 0.1) is 5.82 Å². The highest BCUT2D eigenvalue weighted by Gasteiger charge is 2.14. The summed E-state index contributed by atoms with van der Waals surface area (Å²) in [4.78, 5) is 15.1. The highest BCUT2D eigenvalue weighted by Crippen LogP contribution is 2.24. The average molecular weight is 333 g/mol. The van der Waals surface area contributed by atoms with Crippen LogP contribution in [-0.2, 0) is 0 Å². The van der Waals surface area contributed by atoms with Crippen LogP contribution in [0.5, 0.6) is 5.75 Å². The molecule has 0 amide bonds. The van der Waals surface area contributed by atoms with Crippen molar-refractivity contribution in [1.82, 2.24) is 15.0 Å². The fourth-order valence-corrected chi connectivity index (χ4v) is 2.13.